The van der Waals surface area contributed by atoms with Gasteiger partial charge in [-0.15, -0.1) is 0 Å². The van der Waals surface area contributed by atoms with Crippen molar-refractivity contribution in [2.24, 2.45) is 0 Å². The molecule has 0 spiro atoms. The molecule has 0 radical (unpaired) electrons. The highest BCUT2D eigenvalue weighted by Gasteiger charge is 2.42. The summed E-state index contributed by atoms with van der Waals surface area (Å²) in [5.41, 5.74) is -0.612. The molecule has 5 heteroatoms. The van der Waals surface area contributed by atoms with Gasteiger partial charge in [-0.25, -0.2) is 8.42 Å². The van der Waals surface area contributed by atoms with Crippen LogP contribution in [0.3, 0.4) is 0 Å². The van der Waals surface area contributed by atoms with Crippen LogP contribution in [0.4, 0.5) is 0 Å². The summed E-state index contributed by atoms with van der Waals surface area (Å²) in [5.74, 6) is -0.570. The summed E-state index contributed by atoms with van der Waals surface area (Å²) in [6, 6.07) is 4.16. The topological polar surface area (TPSA) is 74.6 Å². The molecule has 16 heavy (non-hydrogen) atoms. The number of aromatic hydroxyl groups is 1. The first-order valence-electron chi connectivity index (χ1n) is 5.00. The first-order valence-corrected chi connectivity index (χ1v) is 6.65. The van der Waals surface area contributed by atoms with Crippen LogP contribution >= 0.6 is 0 Å². The van der Waals surface area contributed by atoms with Gasteiger partial charge in [-0.2, -0.15) is 0 Å². The lowest BCUT2D eigenvalue weighted by Crippen LogP contribution is -2.30. The highest BCUT2D eigenvalue weighted by atomic mass is 32.2. The van der Waals surface area contributed by atoms with Gasteiger partial charge in [0.1, 0.15) is 5.75 Å². The highest BCUT2D eigenvalue weighted by molar-refractivity contribution is 7.91. The summed E-state index contributed by atoms with van der Waals surface area (Å²) in [6.07, 6.45) is 0. The molecule has 2 N–H and O–H groups in total. The maximum Gasteiger partial charge on any atom is 0.179 e. The summed E-state index contributed by atoms with van der Waals surface area (Å²) >= 11 is 0. The van der Waals surface area contributed by atoms with E-state index in [1.807, 2.05) is 0 Å². The molecule has 1 aromatic rings. The van der Waals surface area contributed by atoms with Gasteiger partial charge >= 0.3 is 0 Å². The number of fused-ring (bicyclic) bond motifs is 1. The Kier molecular flexibility index (Phi) is 2.29. The summed E-state index contributed by atoms with van der Waals surface area (Å²) in [4.78, 5) is 0.220. The van der Waals surface area contributed by atoms with Gasteiger partial charge in [0, 0.05) is 5.92 Å². The maximum absolute atomic E-state index is 11.8. The van der Waals surface area contributed by atoms with E-state index in [1.54, 1.807) is 13.8 Å². The van der Waals surface area contributed by atoms with Crippen LogP contribution in [0.25, 0.3) is 0 Å². The Labute approximate surface area is 94.5 Å². The van der Waals surface area contributed by atoms with Crippen LogP contribution in [0.15, 0.2) is 23.1 Å². The van der Waals surface area contributed by atoms with Crippen LogP contribution in [0.2, 0.25) is 0 Å². The molecule has 88 valence electrons. The lowest BCUT2D eigenvalue weighted by atomic mass is 9.86. The van der Waals surface area contributed by atoms with Crippen molar-refractivity contribution in [3.05, 3.63) is 23.8 Å². The van der Waals surface area contributed by atoms with Crippen molar-refractivity contribution in [1.82, 2.24) is 0 Å². The van der Waals surface area contributed by atoms with Gasteiger partial charge in [-0.05, 0) is 37.6 Å². The molecule has 2 rings (SSSR count). The normalized spacial score (nSPS) is 23.1. The molecule has 0 aliphatic carbocycles. The largest absolute Gasteiger partial charge is 0.508 e. The van der Waals surface area contributed by atoms with Crippen LogP contribution < -0.4 is 0 Å². The van der Waals surface area contributed by atoms with E-state index < -0.39 is 21.4 Å². The van der Waals surface area contributed by atoms with Crippen molar-refractivity contribution in [1.29, 1.82) is 0 Å². The molecule has 0 saturated heterocycles. The zero-order valence-corrected chi connectivity index (χ0v) is 9.95. The minimum absolute atomic E-state index is 0.0186. The smallest absolute Gasteiger partial charge is 0.179 e. The number of rotatable bonds is 1. The van der Waals surface area contributed by atoms with Crippen LogP contribution in [-0.4, -0.2) is 30.0 Å². The number of phenols is 1. The van der Waals surface area contributed by atoms with Crippen molar-refractivity contribution >= 4 is 9.84 Å². The molecule has 1 unspecified atom stereocenters. The number of benzene rings is 1. The molecule has 4 nitrogen and oxygen atoms in total. The number of hydrogen-bond donors (Lipinski definition) is 2. The Morgan fingerprint density at radius 1 is 1.38 bits per heavy atom. The van der Waals surface area contributed by atoms with E-state index in [4.69, 9.17) is 0 Å². The van der Waals surface area contributed by atoms with Crippen LogP contribution in [0.5, 0.6) is 5.75 Å². The van der Waals surface area contributed by atoms with Crippen molar-refractivity contribution < 1.29 is 18.6 Å². The average Bonchev–Trinajstić information content (AvgIpc) is 2.37. The van der Waals surface area contributed by atoms with Gasteiger partial charge in [0.25, 0.3) is 0 Å². The summed E-state index contributed by atoms with van der Waals surface area (Å²) < 4.78 is 23.7. The van der Waals surface area contributed by atoms with E-state index in [0.717, 1.165) is 0 Å². The molecule has 1 atom stereocenters. The van der Waals surface area contributed by atoms with Crippen LogP contribution in [0, 0.1) is 0 Å². The van der Waals surface area contributed by atoms with E-state index in [1.165, 1.54) is 18.2 Å². The number of phenolic OH excluding ortho intramolecular Hbond substituents is 1. The van der Waals surface area contributed by atoms with Gasteiger partial charge in [0.05, 0.1) is 16.2 Å². The maximum atomic E-state index is 11.8. The molecule has 1 aliphatic heterocycles. The van der Waals surface area contributed by atoms with Gasteiger partial charge in [-0.3, -0.25) is 0 Å². The fraction of sp³-hybridized carbons (Fsp3) is 0.455. The Hall–Kier alpha value is -1.07. The average molecular weight is 242 g/mol. The Bertz CT molecular complexity index is 525. The Morgan fingerprint density at radius 3 is 2.56 bits per heavy atom. The number of aliphatic hydroxyl groups is 1. The molecule has 0 aromatic heterocycles. The quantitative estimate of drug-likeness (QED) is 0.771. The van der Waals surface area contributed by atoms with E-state index >= 15 is 0 Å². The molecule has 1 heterocycles. The second kappa shape index (κ2) is 3.21. The van der Waals surface area contributed by atoms with E-state index in [2.05, 4.69) is 0 Å². The van der Waals surface area contributed by atoms with Gasteiger partial charge in [0.15, 0.2) is 9.84 Å². The molecular weight excluding hydrogens is 228 g/mol. The van der Waals surface area contributed by atoms with Gasteiger partial charge in [0.2, 0.25) is 0 Å². The van der Waals surface area contributed by atoms with Crippen LogP contribution in [0.1, 0.15) is 25.3 Å². The second-order valence-electron chi connectivity index (χ2n) is 4.71. The van der Waals surface area contributed by atoms with Crippen LogP contribution in [-0.2, 0) is 9.84 Å². The fourth-order valence-electron chi connectivity index (χ4n) is 2.07. The summed E-state index contributed by atoms with van der Waals surface area (Å²) in [7, 11) is -3.33. The third-order valence-electron chi connectivity index (χ3n) is 2.94. The molecule has 1 aliphatic rings. The zero-order valence-electron chi connectivity index (χ0n) is 9.14. The minimum atomic E-state index is -3.33. The van der Waals surface area contributed by atoms with Gasteiger partial charge in [-0.1, -0.05) is 0 Å². The predicted octanol–water partition coefficient (Wildman–Crippen LogP) is 1.03. The highest BCUT2D eigenvalue weighted by Crippen LogP contribution is 2.42. The predicted molar refractivity (Wildman–Crippen MR) is 59.2 cm³/mol. The summed E-state index contributed by atoms with van der Waals surface area (Å²) in [6.45, 7) is 3.15. The molecule has 0 amide bonds. The fourth-order valence-corrected chi connectivity index (χ4v) is 4.12. The summed E-state index contributed by atoms with van der Waals surface area (Å²) in [5, 5.41) is 19.3. The number of hydrogen-bond acceptors (Lipinski definition) is 4. The monoisotopic (exact) mass is 242 g/mol. The first kappa shape index (κ1) is 11.4. The van der Waals surface area contributed by atoms with E-state index in [-0.39, 0.29) is 16.4 Å². The lowest BCUT2D eigenvalue weighted by Gasteiger charge is -2.25. The lowest BCUT2D eigenvalue weighted by molar-refractivity contribution is 0.0575. The third-order valence-corrected chi connectivity index (χ3v) is 4.76. The van der Waals surface area contributed by atoms with Crippen molar-refractivity contribution in [2.75, 3.05) is 5.75 Å². The molecule has 0 fully saturated rings. The SMILES string of the molecule is CC(C)(O)C1CS(=O)(=O)c2ccc(O)cc21. The van der Waals surface area contributed by atoms with Crippen molar-refractivity contribution in [3.63, 3.8) is 0 Å². The number of sulfone groups is 1. The Morgan fingerprint density at radius 2 is 2.00 bits per heavy atom. The molecule has 0 bridgehead atoms. The molecular formula is C11H14O4S. The van der Waals surface area contributed by atoms with E-state index in [9.17, 15) is 18.6 Å². The molecule has 1 aromatic carbocycles. The zero-order chi connectivity index (χ0) is 12.1. The van der Waals surface area contributed by atoms with E-state index in [0.29, 0.717) is 5.56 Å². The Balaban J connectivity index is 2.66. The molecule has 0 saturated carbocycles. The first-order chi connectivity index (χ1) is 7.22. The third kappa shape index (κ3) is 1.70. The van der Waals surface area contributed by atoms with Gasteiger partial charge < -0.3 is 10.2 Å². The standard InChI is InChI=1S/C11H14O4S/c1-11(2,13)9-6-16(14,15)10-4-3-7(12)5-8(9)10/h3-5,9,12-13H,6H2,1-2H3. The second-order valence-corrected chi connectivity index (χ2v) is 6.71. The van der Waals surface area contributed by atoms with Crippen molar-refractivity contribution in [3.8, 4) is 5.75 Å². The minimum Gasteiger partial charge on any atom is -0.508 e. The van der Waals surface area contributed by atoms with Crippen molar-refractivity contribution in [2.45, 2.75) is 30.3 Å².